The number of carbonyl (C=O) groups excluding carboxylic acids is 2. The molecule has 0 fully saturated rings. The second kappa shape index (κ2) is 8.06. The molecule has 1 atom stereocenters. The van der Waals surface area contributed by atoms with Crippen LogP contribution in [0.5, 0.6) is 0 Å². The molecule has 1 aliphatic rings. The fourth-order valence-electron chi connectivity index (χ4n) is 2.99. The Bertz CT molecular complexity index is 770. The third-order valence-corrected chi connectivity index (χ3v) is 6.45. The minimum Gasteiger partial charge on any atom is -0.465 e. The predicted molar refractivity (Wildman–Crippen MR) is 103 cm³/mol. The maximum Gasteiger partial charge on any atom is 0.341 e. The van der Waals surface area contributed by atoms with Gasteiger partial charge in [0.25, 0.3) is 0 Å². The van der Waals surface area contributed by atoms with E-state index in [1.54, 1.807) is 0 Å². The molecule has 1 amide bonds. The summed E-state index contributed by atoms with van der Waals surface area (Å²) in [5.74, 6) is 0.446. The Labute approximate surface area is 156 Å². The van der Waals surface area contributed by atoms with Crippen LogP contribution in [0, 0.1) is 5.92 Å². The Kier molecular flexibility index (Phi) is 5.81. The normalized spacial score (nSPS) is 16.2. The average Bonchev–Trinajstić information content (AvgIpc) is 2.97. The van der Waals surface area contributed by atoms with Crippen molar-refractivity contribution >= 4 is 40.0 Å². The van der Waals surface area contributed by atoms with Gasteiger partial charge in [0.15, 0.2) is 0 Å². The number of benzene rings is 1. The second-order valence-corrected chi connectivity index (χ2v) is 8.35. The number of methoxy groups -OCH3 is 1. The van der Waals surface area contributed by atoms with Crippen LogP contribution in [0.15, 0.2) is 35.2 Å². The monoisotopic (exact) mass is 375 g/mol. The summed E-state index contributed by atoms with van der Waals surface area (Å²) in [6.07, 6.45) is 2.88. The van der Waals surface area contributed by atoms with E-state index in [2.05, 4.69) is 12.2 Å². The van der Waals surface area contributed by atoms with Crippen molar-refractivity contribution in [2.24, 2.45) is 5.92 Å². The van der Waals surface area contributed by atoms with E-state index >= 15 is 0 Å². The van der Waals surface area contributed by atoms with E-state index in [0.717, 1.165) is 29.7 Å². The van der Waals surface area contributed by atoms with E-state index < -0.39 is 0 Å². The fraction of sp³-hybridized carbons (Fsp3) is 0.368. The van der Waals surface area contributed by atoms with E-state index in [-0.39, 0.29) is 11.9 Å². The van der Waals surface area contributed by atoms with E-state index in [1.165, 1.54) is 35.1 Å². The van der Waals surface area contributed by atoms with Crippen LogP contribution in [-0.2, 0) is 22.4 Å². The number of thioether (sulfide) groups is 1. The zero-order chi connectivity index (χ0) is 17.8. The molecular formula is C19H21NO3S2. The first-order valence-electron chi connectivity index (χ1n) is 8.29. The molecular weight excluding hydrogens is 354 g/mol. The summed E-state index contributed by atoms with van der Waals surface area (Å²) < 4.78 is 4.95. The zero-order valence-electron chi connectivity index (χ0n) is 14.3. The second-order valence-electron chi connectivity index (χ2n) is 6.20. The lowest BCUT2D eigenvalue weighted by Gasteiger charge is -2.18. The standard InChI is InChI=1S/C19H21NO3S2/c1-12-8-9-14-15(10-12)25-18(17(14)19(22)23-2)20-16(21)11-24-13-6-4-3-5-7-13/h3-7,12H,8-11H2,1-2H3,(H,20,21). The number of ether oxygens (including phenoxy) is 1. The van der Waals surface area contributed by atoms with Crippen molar-refractivity contribution in [3.8, 4) is 0 Å². The lowest BCUT2D eigenvalue weighted by molar-refractivity contribution is -0.113. The predicted octanol–water partition coefficient (Wildman–Crippen LogP) is 4.39. The first-order chi connectivity index (χ1) is 12.1. The molecule has 4 nitrogen and oxygen atoms in total. The molecule has 1 unspecified atom stereocenters. The van der Waals surface area contributed by atoms with Gasteiger partial charge in [-0.05, 0) is 42.9 Å². The molecule has 1 N–H and O–H groups in total. The number of rotatable bonds is 5. The van der Waals surface area contributed by atoms with Crippen LogP contribution < -0.4 is 5.32 Å². The Morgan fingerprint density at radius 1 is 1.32 bits per heavy atom. The van der Waals surface area contributed by atoms with Crippen molar-refractivity contribution in [1.82, 2.24) is 0 Å². The molecule has 0 saturated carbocycles. The molecule has 1 aromatic carbocycles. The zero-order valence-corrected chi connectivity index (χ0v) is 16.0. The van der Waals surface area contributed by atoms with Crippen molar-refractivity contribution in [3.63, 3.8) is 0 Å². The summed E-state index contributed by atoms with van der Waals surface area (Å²) in [6, 6.07) is 9.80. The van der Waals surface area contributed by atoms with Crippen molar-refractivity contribution in [3.05, 3.63) is 46.3 Å². The summed E-state index contributed by atoms with van der Waals surface area (Å²) in [4.78, 5) is 26.8. The van der Waals surface area contributed by atoms with Gasteiger partial charge in [-0.2, -0.15) is 0 Å². The number of anilines is 1. The van der Waals surface area contributed by atoms with Gasteiger partial charge in [0.1, 0.15) is 5.00 Å². The van der Waals surface area contributed by atoms with E-state index in [1.807, 2.05) is 30.3 Å². The van der Waals surface area contributed by atoms with Crippen molar-refractivity contribution in [2.45, 2.75) is 31.1 Å². The summed E-state index contributed by atoms with van der Waals surface area (Å²) in [5.41, 5.74) is 1.61. The van der Waals surface area contributed by atoms with Crippen molar-refractivity contribution < 1.29 is 14.3 Å². The van der Waals surface area contributed by atoms with Gasteiger partial charge in [-0.25, -0.2) is 4.79 Å². The molecule has 2 aromatic rings. The third kappa shape index (κ3) is 4.25. The number of hydrogen-bond donors (Lipinski definition) is 1. The molecule has 0 radical (unpaired) electrons. The highest BCUT2D eigenvalue weighted by Crippen LogP contribution is 2.40. The molecule has 0 bridgehead atoms. The van der Waals surface area contributed by atoms with Gasteiger partial charge in [0, 0.05) is 9.77 Å². The Hall–Kier alpha value is -1.79. The average molecular weight is 376 g/mol. The number of thiophene rings is 1. The van der Waals surface area contributed by atoms with Gasteiger partial charge < -0.3 is 10.1 Å². The minimum atomic E-state index is -0.363. The number of carbonyl (C=O) groups is 2. The van der Waals surface area contributed by atoms with Crippen LogP contribution in [0.3, 0.4) is 0 Å². The van der Waals surface area contributed by atoms with Gasteiger partial charge in [-0.3, -0.25) is 4.79 Å². The molecule has 3 rings (SSSR count). The van der Waals surface area contributed by atoms with E-state index in [0.29, 0.717) is 22.2 Å². The van der Waals surface area contributed by atoms with Crippen molar-refractivity contribution in [1.29, 1.82) is 0 Å². The lowest BCUT2D eigenvalue weighted by Crippen LogP contribution is -2.17. The maximum atomic E-state index is 12.3. The Balaban J connectivity index is 1.75. The smallest absolute Gasteiger partial charge is 0.341 e. The van der Waals surface area contributed by atoms with Crippen LogP contribution in [0.2, 0.25) is 0 Å². The number of esters is 1. The summed E-state index contributed by atoms with van der Waals surface area (Å²) >= 11 is 3.00. The topological polar surface area (TPSA) is 55.4 Å². The summed E-state index contributed by atoms with van der Waals surface area (Å²) in [7, 11) is 1.38. The van der Waals surface area contributed by atoms with Crippen LogP contribution >= 0.6 is 23.1 Å². The number of amides is 1. The highest BCUT2D eigenvalue weighted by Gasteiger charge is 2.28. The Morgan fingerprint density at radius 3 is 2.80 bits per heavy atom. The van der Waals surface area contributed by atoms with E-state index in [4.69, 9.17) is 4.74 Å². The highest BCUT2D eigenvalue weighted by molar-refractivity contribution is 8.00. The number of hydrogen-bond acceptors (Lipinski definition) is 5. The molecule has 0 saturated heterocycles. The Morgan fingerprint density at radius 2 is 2.08 bits per heavy atom. The van der Waals surface area contributed by atoms with Crippen LogP contribution in [0.4, 0.5) is 5.00 Å². The molecule has 1 aromatic heterocycles. The summed E-state index contributed by atoms with van der Waals surface area (Å²) in [5, 5.41) is 3.56. The molecule has 132 valence electrons. The van der Waals surface area contributed by atoms with Crippen LogP contribution in [-0.4, -0.2) is 24.7 Å². The van der Waals surface area contributed by atoms with Crippen LogP contribution in [0.1, 0.15) is 34.1 Å². The molecule has 0 aliphatic heterocycles. The summed E-state index contributed by atoms with van der Waals surface area (Å²) in [6.45, 7) is 2.22. The van der Waals surface area contributed by atoms with E-state index in [9.17, 15) is 9.59 Å². The van der Waals surface area contributed by atoms with Gasteiger partial charge in [-0.1, -0.05) is 25.1 Å². The van der Waals surface area contributed by atoms with Gasteiger partial charge in [0.05, 0.1) is 18.4 Å². The van der Waals surface area contributed by atoms with Gasteiger partial charge in [-0.15, -0.1) is 23.1 Å². The quantitative estimate of drug-likeness (QED) is 0.622. The highest BCUT2D eigenvalue weighted by atomic mass is 32.2. The van der Waals surface area contributed by atoms with Gasteiger partial charge >= 0.3 is 5.97 Å². The minimum absolute atomic E-state index is 0.106. The lowest BCUT2D eigenvalue weighted by atomic mass is 9.88. The number of nitrogens with one attached hydrogen (secondary N) is 1. The fourth-order valence-corrected chi connectivity index (χ4v) is 5.12. The SMILES string of the molecule is COC(=O)c1c(NC(=O)CSc2ccccc2)sc2c1CCC(C)C2. The van der Waals surface area contributed by atoms with Gasteiger partial charge in [0.2, 0.25) is 5.91 Å². The first-order valence-corrected chi connectivity index (χ1v) is 10.1. The third-order valence-electron chi connectivity index (χ3n) is 4.27. The maximum absolute atomic E-state index is 12.3. The molecule has 25 heavy (non-hydrogen) atoms. The first kappa shape index (κ1) is 18.0. The number of fused-ring (bicyclic) bond motifs is 1. The molecule has 0 spiro atoms. The van der Waals surface area contributed by atoms with Crippen molar-refractivity contribution in [2.75, 3.05) is 18.2 Å². The molecule has 1 heterocycles. The largest absolute Gasteiger partial charge is 0.465 e. The molecule has 6 heteroatoms. The van der Waals surface area contributed by atoms with Crippen LogP contribution in [0.25, 0.3) is 0 Å². The molecule has 1 aliphatic carbocycles.